The number of halogens is 2. The maximum absolute atomic E-state index is 13.0. The molecule has 1 aromatic carbocycles. The van der Waals surface area contributed by atoms with E-state index in [-0.39, 0.29) is 5.54 Å². The van der Waals surface area contributed by atoms with Crippen LogP contribution in [0.15, 0.2) is 18.2 Å². The molecule has 17 heavy (non-hydrogen) atoms. The van der Waals surface area contributed by atoms with Crippen molar-refractivity contribution >= 4 is 0 Å². The molecule has 0 aromatic heterocycles. The van der Waals surface area contributed by atoms with Crippen molar-refractivity contribution in [2.75, 3.05) is 13.2 Å². The van der Waals surface area contributed by atoms with E-state index in [2.05, 4.69) is 12.2 Å². The Morgan fingerprint density at radius 2 is 2.00 bits per heavy atom. The average molecular weight is 241 g/mol. The average Bonchev–Trinajstić information content (AvgIpc) is 2.26. The van der Waals surface area contributed by atoms with E-state index in [1.165, 1.54) is 12.1 Å². The Morgan fingerprint density at radius 3 is 2.59 bits per heavy atom. The standard InChI is InChI=1S/C13H17F2NO/c1-13(3-2-4-17-9-13)16-8-10-5-11(14)7-12(15)6-10/h5-7,16H,2-4,8-9H2,1H3. The van der Waals surface area contributed by atoms with E-state index in [0.717, 1.165) is 25.5 Å². The highest BCUT2D eigenvalue weighted by molar-refractivity contribution is 5.18. The molecule has 0 radical (unpaired) electrons. The highest BCUT2D eigenvalue weighted by Crippen LogP contribution is 2.19. The van der Waals surface area contributed by atoms with Crippen LogP contribution in [-0.4, -0.2) is 18.8 Å². The van der Waals surface area contributed by atoms with Crippen molar-refractivity contribution in [1.29, 1.82) is 0 Å². The van der Waals surface area contributed by atoms with Gasteiger partial charge in [0.15, 0.2) is 0 Å². The van der Waals surface area contributed by atoms with Crippen molar-refractivity contribution in [2.24, 2.45) is 0 Å². The van der Waals surface area contributed by atoms with Gasteiger partial charge in [-0.15, -0.1) is 0 Å². The number of rotatable bonds is 3. The molecule has 1 fully saturated rings. The number of hydrogen-bond donors (Lipinski definition) is 1. The van der Waals surface area contributed by atoms with Crippen molar-refractivity contribution in [2.45, 2.75) is 31.8 Å². The predicted octanol–water partition coefficient (Wildman–Crippen LogP) is 2.62. The molecule has 1 saturated heterocycles. The Balaban J connectivity index is 1.96. The first-order chi connectivity index (χ1) is 8.07. The van der Waals surface area contributed by atoms with E-state index in [9.17, 15) is 8.78 Å². The summed E-state index contributed by atoms with van der Waals surface area (Å²) >= 11 is 0. The lowest BCUT2D eigenvalue weighted by atomic mass is 9.94. The van der Waals surface area contributed by atoms with Gasteiger partial charge in [0.2, 0.25) is 0 Å². The summed E-state index contributed by atoms with van der Waals surface area (Å²) in [4.78, 5) is 0. The molecular formula is C13H17F2NO. The van der Waals surface area contributed by atoms with Crippen molar-refractivity contribution in [3.63, 3.8) is 0 Å². The summed E-state index contributed by atoms with van der Waals surface area (Å²) in [5, 5.41) is 3.31. The van der Waals surface area contributed by atoms with Crippen LogP contribution in [0.3, 0.4) is 0 Å². The summed E-state index contributed by atoms with van der Waals surface area (Å²) < 4.78 is 31.4. The minimum atomic E-state index is -0.535. The third kappa shape index (κ3) is 3.48. The zero-order valence-corrected chi connectivity index (χ0v) is 9.93. The molecule has 0 saturated carbocycles. The monoisotopic (exact) mass is 241 g/mol. The number of hydrogen-bond acceptors (Lipinski definition) is 2. The van der Waals surface area contributed by atoms with E-state index < -0.39 is 11.6 Å². The maximum Gasteiger partial charge on any atom is 0.126 e. The molecule has 2 rings (SSSR count). The van der Waals surface area contributed by atoms with Gasteiger partial charge in [-0.25, -0.2) is 8.78 Å². The number of ether oxygens (including phenoxy) is 1. The van der Waals surface area contributed by atoms with Gasteiger partial charge in [0.05, 0.1) is 6.61 Å². The molecule has 4 heteroatoms. The molecule has 1 atom stereocenters. The van der Waals surface area contributed by atoms with Gasteiger partial charge in [0.25, 0.3) is 0 Å². The van der Waals surface area contributed by atoms with Gasteiger partial charge in [-0.1, -0.05) is 0 Å². The first-order valence-corrected chi connectivity index (χ1v) is 5.85. The minimum Gasteiger partial charge on any atom is -0.380 e. The fourth-order valence-electron chi connectivity index (χ4n) is 2.10. The molecule has 0 amide bonds. The number of benzene rings is 1. The first kappa shape index (κ1) is 12.5. The second-order valence-electron chi connectivity index (χ2n) is 4.85. The third-order valence-electron chi connectivity index (χ3n) is 3.08. The molecular weight excluding hydrogens is 224 g/mol. The second kappa shape index (κ2) is 5.10. The third-order valence-corrected chi connectivity index (χ3v) is 3.08. The van der Waals surface area contributed by atoms with Gasteiger partial charge in [-0.3, -0.25) is 0 Å². The van der Waals surface area contributed by atoms with Crippen LogP contribution >= 0.6 is 0 Å². The van der Waals surface area contributed by atoms with E-state index in [1.807, 2.05) is 0 Å². The molecule has 0 bridgehead atoms. The summed E-state index contributed by atoms with van der Waals surface area (Å²) in [5.74, 6) is -1.07. The summed E-state index contributed by atoms with van der Waals surface area (Å²) in [6.07, 6.45) is 2.03. The van der Waals surface area contributed by atoms with Gasteiger partial charge < -0.3 is 10.1 Å². The lowest BCUT2D eigenvalue weighted by molar-refractivity contribution is 0.0277. The molecule has 0 spiro atoms. The van der Waals surface area contributed by atoms with E-state index in [0.29, 0.717) is 18.7 Å². The van der Waals surface area contributed by atoms with Crippen molar-refractivity contribution in [1.82, 2.24) is 5.32 Å². The normalized spacial score (nSPS) is 24.9. The number of nitrogens with one attached hydrogen (secondary N) is 1. The van der Waals surface area contributed by atoms with Gasteiger partial charge in [0, 0.05) is 24.8 Å². The Kier molecular flexibility index (Phi) is 3.74. The second-order valence-corrected chi connectivity index (χ2v) is 4.85. The van der Waals surface area contributed by atoms with Crippen molar-refractivity contribution in [3.8, 4) is 0 Å². The highest BCUT2D eigenvalue weighted by Gasteiger charge is 2.26. The maximum atomic E-state index is 13.0. The van der Waals surface area contributed by atoms with Crippen LogP contribution in [-0.2, 0) is 11.3 Å². The van der Waals surface area contributed by atoms with Gasteiger partial charge in [-0.2, -0.15) is 0 Å². The summed E-state index contributed by atoms with van der Waals surface area (Å²) in [7, 11) is 0. The lowest BCUT2D eigenvalue weighted by Crippen LogP contribution is -2.48. The summed E-state index contributed by atoms with van der Waals surface area (Å²) in [5.41, 5.74) is 0.524. The zero-order valence-electron chi connectivity index (χ0n) is 9.93. The van der Waals surface area contributed by atoms with Crippen LogP contribution in [0.2, 0.25) is 0 Å². The summed E-state index contributed by atoms with van der Waals surface area (Å²) in [6, 6.07) is 3.58. The molecule has 2 nitrogen and oxygen atoms in total. The first-order valence-electron chi connectivity index (χ1n) is 5.85. The van der Waals surface area contributed by atoms with Crippen LogP contribution in [0.5, 0.6) is 0 Å². The van der Waals surface area contributed by atoms with Crippen LogP contribution in [0, 0.1) is 11.6 Å². The predicted molar refractivity (Wildman–Crippen MR) is 61.7 cm³/mol. The molecule has 1 heterocycles. The quantitative estimate of drug-likeness (QED) is 0.878. The fraction of sp³-hybridized carbons (Fsp3) is 0.538. The van der Waals surface area contributed by atoms with Crippen LogP contribution in [0.25, 0.3) is 0 Å². The molecule has 1 aromatic rings. The van der Waals surface area contributed by atoms with Gasteiger partial charge in [0.1, 0.15) is 11.6 Å². The van der Waals surface area contributed by atoms with Gasteiger partial charge in [-0.05, 0) is 37.5 Å². The highest BCUT2D eigenvalue weighted by atomic mass is 19.1. The Hall–Kier alpha value is -1.00. The largest absolute Gasteiger partial charge is 0.380 e. The fourth-order valence-corrected chi connectivity index (χ4v) is 2.10. The molecule has 1 N–H and O–H groups in total. The van der Waals surface area contributed by atoms with E-state index in [1.54, 1.807) is 0 Å². The van der Waals surface area contributed by atoms with E-state index >= 15 is 0 Å². The van der Waals surface area contributed by atoms with E-state index in [4.69, 9.17) is 4.74 Å². The molecule has 94 valence electrons. The smallest absolute Gasteiger partial charge is 0.126 e. The molecule has 0 aliphatic carbocycles. The molecule has 1 aliphatic heterocycles. The molecule has 1 aliphatic rings. The Bertz CT molecular complexity index is 369. The zero-order chi connectivity index (χ0) is 12.3. The molecule has 1 unspecified atom stereocenters. The van der Waals surface area contributed by atoms with Crippen LogP contribution in [0.1, 0.15) is 25.3 Å². The minimum absolute atomic E-state index is 0.0962. The topological polar surface area (TPSA) is 21.3 Å². The van der Waals surface area contributed by atoms with Crippen molar-refractivity contribution in [3.05, 3.63) is 35.4 Å². The van der Waals surface area contributed by atoms with Crippen LogP contribution in [0.4, 0.5) is 8.78 Å². The summed E-state index contributed by atoms with van der Waals surface area (Å²) in [6.45, 7) is 3.97. The Labute approximate surface area is 100.0 Å². The Morgan fingerprint density at radius 1 is 1.29 bits per heavy atom. The van der Waals surface area contributed by atoms with Crippen molar-refractivity contribution < 1.29 is 13.5 Å². The van der Waals surface area contributed by atoms with Gasteiger partial charge >= 0.3 is 0 Å². The SMILES string of the molecule is CC1(NCc2cc(F)cc(F)c2)CCCOC1. The van der Waals surface area contributed by atoms with Crippen LogP contribution < -0.4 is 5.32 Å². The lowest BCUT2D eigenvalue weighted by Gasteiger charge is -2.34.